The van der Waals surface area contributed by atoms with Gasteiger partial charge >= 0.3 is 0 Å². The predicted octanol–water partition coefficient (Wildman–Crippen LogP) is 1.61. The number of aryl methyl sites for hydroxylation is 1. The SMILES string of the molecule is CN=C(NCc1ccn[nH]1)NCc1ccc(C)cc1OCCOC. The van der Waals surface area contributed by atoms with Crippen LogP contribution in [0.15, 0.2) is 35.5 Å². The summed E-state index contributed by atoms with van der Waals surface area (Å²) in [6, 6.07) is 8.09. The summed E-state index contributed by atoms with van der Waals surface area (Å²) < 4.78 is 10.8. The van der Waals surface area contributed by atoms with Crippen molar-refractivity contribution in [2.24, 2.45) is 4.99 Å². The summed E-state index contributed by atoms with van der Waals surface area (Å²) in [5.74, 6) is 1.58. The number of aliphatic imine (C=N–C) groups is 1. The highest BCUT2D eigenvalue weighted by Gasteiger charge is 2.06. The Labute approximate surface area is 142 Å². The molecule has 0 aliphatic carbocycles. The van der Waals surface area contributed by atoms with Gasteiger partial charge in [0, 0.05) is 32.5 Å². The first-order valence-electron chi connectivity index (χ1n) is 7.87. The maximum Gasteiger partial charge on any atom is 0.191 e. The lowest BCUT2D eigenvalue weighted by molar-refractivity contribution is 0.145. The minimum Gasteiger partial charge on any atom is -0.491 e. The average Bonchev–Trinajstić information content (AvgIpc) is 3.10. The third kappa shape index (κ3) is 5.58. The number of benzene rings is 1. The second-order valence-corrected chi connectivity index (χ2v) is 5.31. The van der Waals surface area contributed by atoms with E-state index in [-0.39, 0.29) is 0 Å². The molecule has 0 aliphatic heterocycles. The van der Waals surface area contributed by atoms with Crippen LogP contribution in [0.1, 0.15) is 16.8 Å². The van der Waals surface area contributed by atoms with Crippen LogP contribution in [0.2, 0.25) is 0 Å². The molecule has 0 radical (unpaired) electrons. The summed E-state index contributed by atoms with van der Waals surface area (Å²) >= 11 is 0. The minimum atomic E-state index is 0.528. The summed E-state index contributed by atoms with van der Waals surface area (Å²) in [5, 5.41) is 13.4. The monoisotopic (exact) mass is 331 g/mol. The molecule has 7 heteroatoms. The fraction of sp³-hybridized carbons (Fsp3) is 0.412. The molecule has 0 amide bonds. The fourth-order valence-electron chi connectivity index (χ4n) is 2.14. The molecular formula is C17H25N5O2. The van der Waals surface area contributed by atoms with E-state index in [1.54, 1.807) is 20.4 Å². The third-order valence-electron chi connectivity index (χ3n) is 3.44. The molecule has 24 heavy (non-hydrogen) atoms. The summed E-state index contributed by atoms with van der Waals surface area (Å²) in [5.41, 5.74) is 3.23. The number of ether oxygens (including phenoxy) is 2. The van der Waals surface area contributed by atoms with E-state index < -0.39 is 0 Å². The van der Waals surface area contributed by atoms with Crippen molar-refractivity contribution >= 4 is 5.96 Å². The molecule has 7 nitrogen and oxygen atoms in total. The van der Waals surface area contributed by atoms with Crippen molar-refractivity contribution in [3.8, 4) is 5.75 Å². The van der Waals surface area contributed by atoms with Crippen LogP contribution >= 0.6 is 0 Å². The van der Waals surface area contributed by atoms with Gasteiger partial charge in [0.2, 0.25) is 0 Å². The van der Waals surface area contributed by atoms with Crippen LogP contribution < -0.4 is 15.4 Å². The van der Waals surface area contributed by atoms with Crippen LogP contribution in [0.5, 0.6) is 5.75 Å². The molecule has 0 saturated carbocycles. The molecule has 0 saturated heterocycles. The number of aromatic nitrogens is 2. The zero-order valence-electron chi connectivity index (χ0n) is 14.4. The van der Waals surface area contributed by atoms with E-state index >= 15 is 0 Å². The third-order valence-corrected chi connectivity index (χ3v) is 3.44. The molecule has 3 N–H and O–H groups in total. The molecule has 130 valence electrons. The van der Waals surface area contributed by atoms with E-state index in [4.69, 9.17) is 9.47 Å². The van der Waals surface area contributed by atoms with E-state index in [9.17, 15) is 0 Å². The number of rotatable bonds is 8. The van der Waals surface area contributed by atoms with Crippen molar-refractivity contribution in [3.63, 3.8) is 0 Å². The highest BCUT2D eigenvalue weighted by molar-refractivity contribution is 5.79. The first-order chi connectivity index (χ1) is 11.7. The van der Waals surface area contributed by atoms with Crippen molar-refractivity contribution < 1.29 is 9.47 Å². The molecule has 0 bridgehead atoms. The Bertz CT molecular complexity index is 640. The zero-order chi connectivity index (χ0) is 17.2. The first kappa shape index (κ1) is 17.8. The van der Waals surface area contributed by atoms with Gasteiger partial charge in [-0.25, -0.2) is 0 Å². The number of aromatic amines is 1. The van der Waals surface area contributed by atoms with Crippen LogP contribution in [0.3, 0.4) is 0 Å². The number of hydrogen-bond acceptors (Lipinski definition) is 4. The Hall–Kier alpha value is -2.54. The Morgan fingerprint density at radius 1 is 1.21 bits per heavy atom. The van der Waals surface area contributed by atoms with Crippen LogP contribution in [-0.2, 0) is 17.8 Å². The zero-order valence-corrected chi connectivity index (χ0v) is 14.4. The van der Waals surface area contributed by atoms with Gasteiger partial charge in [0.25, 0.3) is 0 Å². The molecule has 0 aliphatic rings. The summed E-state index contributed by atoms with van der Waals surface area (Å²) in [6.45, 7) is 4.38. The normalized spacial score (nSPS) is 11.4. The molecule has 0 unspecified atom stereocenters. The highest BCUT2D eigenvalue weighted by atomic mass is 16.5. The number of methoxy groups -OCH3 is 1. The average molecular weight is 331 g/mol. The van der Waals surface area contributed by atoms with Gasteiger partial charge in [0.15, 0.2) is 5.96 Å². The molecule has 2 rings (SSSR count). The highest BCUT2D eigenvalue weighted by Crippen LogP contribution is 2.20. The van der Waals surface area contributed by atoms with E-state index in [2.05, 4.69) is 38.0 Å². The lowest BCUT2D eigenvalue weighted by Crippen LogP contribution is -2.36. The van der Waals surface area contributed by atoms with E-state index in [0.29, 0.717) is 32.3 Å². The Balaban J connectivity index is 1.91. The molecule has 1 aromatic heterocycles. The fourth-order valence-corrected chi connectivity index (χ4v) is 2.14. The van der Waals surface area contributed by atoms with Gasteiger partial charge in [-0.2, -0.15) is 5.10 Å². The molecule has 2 aromatic rings. The van der Waals surface area contributed by atoms with E-state index in [1.165, 1.54) is 0 Å². The summed E-state index contributed by atoms with van der Waals surface area (Å²) in [6.07, 6.45) is 1.73. The van der Waals surface area contributed by atoms with Gasteiger partial charge in [-0.3, -0.25) is 10.1 Å². The molecule has 1 heterocycles. The Morgan fingerprint density at radius 3 is 2.75 bits per heavy atom. The maximum absolute atomic E-state index is 5.80. The molecular weight excluding hydrogens is 306 g/mol. The molecule has 0 atom stereocenters. The predicted molar refractivity (Wildman–Crippen MR) is 94.2 cm³/mol. The molecule has 0 spiro atoms. The topological polar surface area (TPSA) is 83.6 Å². The number of nitrogens with zero attached hydrogens (tertiary/aromatic N) is 2. The van der Waals surface area contributed by atoms with Crippen molar-refractivity contribution in [3.05, 3.63) is 47.3 Å². The van der Waals surface area contributed by atoms with Crippen molar-refractivity contribution in [2.75, 3.05) is 27.4 Å². The lowest BCUT2D eigenvalue weighted by Gasteiger charge is -2.15. The largest absolute Gasteiger partial charge is 0.491 e. The van der Waals surface area contributed by atoms with Crippen molar-refractivity contribution in [1.29, 1.82) is 0 Å². The van der Waals surface area contributed by atoms with Gasteiger partial charge in [0.1, 0.15) is 12.4 Å². The van der Waals surface area contributed by atoms with Crippen LogP contribution in [0.25, 0.3) is 0 Å². The lowest BCUT2D eigenvalue weighted by atomic mass is 10.1. The standard InChI is InChI=1S/C17H25N5O2/c1-13-4-5-14(16(10-13)24-9-8-23-3)11-19-17(18-2)20-12-15-6-7-21-22-15/h4-7,10H,8-9,11-12H2,1-3H3,(H,21,22)(H2,18,19,20). The maximum atomic E-state index is 5.80. The van der Waals surface area contributed by atoms with Crippen molar-refractivity contribution in [2.45, 2.75) is 20.0 Å². The van der Waals surface area contributed by atoms with Gasteiger partial charge in [-0.1, -0.05) is 12.1 Å². The second-order valence-electron chi connectivity index (χ2n) is 5.31. The van der Waals surface area contributed by atoms with Crippen LogP contribution in [-0.4, -0.2) is 43.5 Å². The van der Waals surface area contributed by atoms with Crippen molar-refractivity contribution in [1.82, 2.24) is 20.8 Å². The number of nitrogens with one attached hydrogen (secondary N) is 3. The van der Waals surface area contributed by atoms with Gasteiger partial charge < -0.3 is 20.1 Å². The van der Waals surface area contributed by atoms with Gasteiger partial charge in [0.05, 0.1) is 18.8 Å². The summed E-state index contributed by atoms with van der Waals surface area (Å²) in [4.78, 5) is 4.22. The molecule has 1 aromatic carbocycles. The Kier molecular flexibility index (Phi) is 7.10. The minimum absolute atomic E-state index is 0.528. The number of hydrogen-bond donors (Lipinski definition) is 3. The second kappa shape index (κ2) is 9.57. The number of H-pyrrole nitrogens is 1. The first-order valence-corrected chi connectivity index (χ1v) is 7.87. The smallest absolute Gasteiger partial charge is 0.191 e. The quantitative estimate of drug-likeness (QED) is 0.389. The van der Waals surface area contributed by atoms with Crippen LogP contribution in [0, 0.1) is 6.92 Å². The number of guanidine groups is 1. The van der Waals surface area contributed by atoms with E-state index in [1.807, 2.05) is 19.1 Å². The summed E-state index contributed by atoms with van der Waals surface area (Å²) in [7, 11) is 3.41. The van der Waals surface area contributed by atoms with Gasteiger partial charge in [-0.05, 0) is 24.6 Å². The van der Waals surface area contributed by atoms with Crippen LogP contribution in [0.4, 0.5) is 0 Å². The van der Waals surface area contributed by atoms with Gasteiger partial charge in [-0.15, -0.1) is 0 Å². The van der Waals surface area contributed by atoms with E-state index in [0.717, 1.165) is 22.6 Å². The molecule has 0 fully saturated rings. The Morgan fingerprint density at radius 2 is 2.04 bits per heavy atom.